The highest BCUT2D eigenvalue weighted by Crippen LogP contribution is 2.20. The number of amides is 1. The minimum atomic E-state index is -0.613. The van der Waals surface area contributed by atoms with Crippen LogP contribution in [-0.2, 0) is 0 Å². The van der Waals surface area contributed by atoms with Crippen molar-refractivity contribution in [1.82, 2.24) is 29.5 Å². The molecule has 0 bridgehead atoms. The molecule has 9 nitrogen and oxygen atoms in total. The molecule has 3 aromatic heterocycles. The summed E-state index contributed by atoms with van der Waals surface area (Å²) in [7, 11) is 0. The highest BCUT2D eigenvalue weighted by atomic mass is 16.2. The lowest BCUT2D eigenvalue weighted by Gasteiger charge is -2.19. The summed E-state index contributed by atoms with van der Waals surface area (Å²) in [6.07, 6.45) is 3.23. The Labute approximate surface area is 182 Å². The van der Waals surface area contributed by atoms with E-state index in [1.807, 2.05) is 36.4 Å². The number of hydrogen-bond donors (Lipinski definition) is 2. The van der Waals surface area contributed by atoms with E-state index < -0.39 is 11.9 Å². The summed E-state index contributed by atoms with van der Waals surface area (Å²) < 4.78 is 2.97. The number of nitrogens with one attached hydrogen (secondary N) is 1. The number of hydrogen-bond acceptors (Lipinski definition) is 6. The van der Waals surface area contributed by atoms with E-state index in [1.165, 1.54) is 9.08 Å². The monoisotopic (exact) mass is 425 g/mol. The molecule has 32 heavy (non-hydrogen) atoms. The number of nitrogens with zero attached hydrogens (tertiary/aromatic N) is 5. The molecule has 0 radical (unpaired) electrons. The predicted molar refractivity (Wildman–Crippen MR) is 121 cm³/mol. The van der Waals surface area contributed by atoms with Crippen LogP contribution in [0.4, 0.5) is 5.82 Å². The Kier molecular flexibility index (Phi) is 4.63. The molecule has 3 N–H and O–H groups in total. The summed E-state index contributed by atoms with van der Waals surface area (Å²) in [4.78, 5) is 35.4. The molecule has 3 heterocycles. The number of rotatable bonds is 4. The first-order valence-corrected chi connectivity index (χ1v) is 10.0. The number of nitrogen functional groups attached to an aromatic ring is 1. The normalized spacial score (nSPS) is 12.2. The zero-order valence-corrected chi connectivity index (χ0v) is 17.1. The highest BCUT2D eigenvalue weighted by Gasteiger charge is 2.24. The van der Waals surface area contributed by atoms with Crippen molar-refractivity contribution in [3.05, 3.63) is 94.8 Å². The number of fused-ring (bicyclic) bond motifs is 2. The van der Waals surface area contributed by atoms with Gasteiger partial charge in [-0.3, -0.25) is 14.2 Å². The standard InChI is InChI=1S/C23H19N7O2/c1-14(26-22(31)18-19(24)28-29-13-7-12-25-21(18)29)20-27-17-11-6-5-10-16(17)23(32)30(20)15-8-3-2-4-9-15/h2-14H,1H3,(H2,24,28)(H,26,31)/t14-/m0/s1. The number of nitrogens with two attached hydrogens (primary N) is 1. The van der Waals surface area contributed by atoms with E-state index in [1.54, 1.807) is 43.6 Å². The van der Waals surface area contributed by atoms with E-state index in [0.717, 1.165) is 0 Å². The maximum absolute atomic E-state index is 13.4. The van der Waals surface area contributed by atoms with Crippen LogP contribution in [0, 0.1) is 0 Å². The Balaban J connectivity index is 1.61. The quantitative estimate of drug-likeness (QED) is 0.456. The molecular weight excluding hydrogens is 406 g/mol. The fourth-order valence-corrected chi connectivity index (χ4v) is 3.72. The smallest absolute Gasteiger partial charge is 0.266 e. The molecule has 2 aromatic carbocycles. The van der Waals surface area contributed by atoms with Crippen LogP contribution < -0.4 is 16.6 Å². The Morgan fingerprint density at radius 3 is 2.62 bits per heavy atom. The van der Waals surface area contributed by atoms with E-state index in [9.17, 15) is 9.59 Å². The van der Waals surface area contributed by atoms with E-state index in [0.29, 0.717) is 28.1 Å². The largest absolute Gasteiger partial charge is 0.381 e. The maximum Gasteiger partial charge on any atom is 0.266 e. The molecule has 0 spiro atoms. The highest BCUT2D eigenvalue weighted by molar-refractivity contribution is 6.04. The van der Waals surface area contributed by atoms with E-state index >= 15 is 0 Å². The van der Waals surface area contributed by atoms with Gasteiger partial charge in [-0.1, -0.05) is 30.3 Å². The van der Waals surface area contributed by atoms with E-state index in [2.05, 4.69) is 15.4 Å². The molecule has 0 unspecified atom stereocenters. The molecule has 1 atom stereocenters. The van der Waals surface area contributed by atoms with Gasteiger partial charge in [0.25, 0.3) is 11.5 Å². The predicted octanol–water partition coefficient (Wildman–Crippen LogP) is 2.50. The van der Waals surface area contributed by atoms with Crippen molar-refractivity contribution in [2.24, 2.45) is 0 Å². The molecule has 0 saturated heterocycles. The molecule has 1 amide bonds. The van der Waals surface area contributed by atoms with Gasteiger partial charge in [-0.15, -0.1) is 5.10 Å². The first kappa shape index (κ1) is 19.4. The van der Waals surface area contributed by atoms with Gasteiger partial charge in [-0.25, -0.2) is 14.5 Å². The molecule has 0 aliphatic carbocycles. The summed E-state index contributed by atoms with van der Waals surface area (Å²) >= 11 is 0. The third-order valence-electron chi connectivity index (χ3n) is 5.20. The fourth-order valence-electron chi connectivity index (χ4n) is 3.72. The summed E-state index contributed by atoms with van der Waals surface area (Å²) in [5.74, 6) is 0.0160. The average molecular weight is 425 g/mol. The van der Waals surface area contributed by atoms with Gasteiger partial charge in [0.2, 0.25) is 0 Å². The average Bonchev–Trinajstić information content (AvgIpc) is 3.15. The third kappa shape index (κ3) is 3.16. The van der Waals surface area contributed by atoms with E-state index in [-0.39, 0.29) is 16.9 Å². The SMILES string of the molecule is C[C@H](NC(=O)c1c(N)nn2cccnc12)c1nc2ccccc2c(=O)n1-c1ccccc1. The van der Waals surface area contributed by atoms with Gasteiger partial charge >= 0.3 is 0 Å². The van der Waals surface area contributed by atoms with Crippen molar-refractivity contribution in [3.8, 4) is 5.69 Å². The molecule has 0 aliphatic heterocycles. The zero-order valence-electron chi connectivity index (χ0n) is 17.1. The summed E-state index contributed by atoms with van der Waals surface area (Å²) in [5, 5.41) is 7.53. The Bertz CT molecular complexity index is 1520. The molecule has 0 saturated carbocycles. The zero-order chi connectivity index (χ0) is 22.2. The van der Waals surface area contributed by atoms with Crippen LogP contribution >= 0.6 is 0 Å². The second-order valence-corrected chi connectivity index (χ2v) is 7.31. The van der Waals surface area contributed by atoms with Crippen LogP contribution in [0.1, 0.15) is 29.1 Å². The van der Waals surface area contributed by atoms with Crippen molar-refractivity contribution in [2.45, 2.75) is 13.0 Å². The fraction of sp³-hybridized carbons (Fsp3) is 0.0870. The number of anilines is 1. The van der Waals surface area contributed by atoms with Gasteiger partial charge in [-0.05, 0) is 37.3 Å². The summed E-state index contributed by atoms with van der Waals surface area (Å²) in [6, 6.07) is 17.4. The first-order chi connectivity index (χ1) is 15.5. The number of aromatic nitrogens is 5. The second-order valence-electron chi connectivity index (χ2n) is 7.31. The number of benzene rings is 2. The van der Waals surface area contributed by atoms with Crippen molar-refractivity contribution >= 4 is 28.3 Å². The second kappa shape index (κ2) is 7.62. The van der Waals surface area contributed by atoms with Crippen LogP contribution in [0.2, 0.25) is 0 Å². The van der Waals surface area contributed by atoms with Gasteiger partial charge in [0.1, 0.15) is 11.4 Å². The van der Waals surface area contributed by atoms with Gasteiger partial charge in [0, 0.05) is 12.4 Å². The van der Waals surface area contributed by atoms with E-state index in [4.69, 9.17) is 10.7 Å². The first-order valence-electron chi connectivity index (χ1n) is 10.0. The van der Waals surface area contributed by atoms with Gasteiger partial charge in [-0.2, -0.15) is 0 Å². The third-order valence-corrected chi connectivity index (χ3v) is 5.20. The van der Waals surface area contributed by atoms with Crippen molar-refractivity contribution in [3.63, 3.8) is 0 Å². The Morgan fingerprint density at radius 1 is 1.06 bits per heavy atom. The van der Waals surface area contributed by atoms with Crippen LogP contribution in [0.15, 0.2) is 77.9 Å². The number of carbonyl (C=O) groups is 1. The lowest BCUT2D eigenvalue weighted by Crippen LogP contribution is -2.33. The molecule has 0 fully saturated rings. The van der Waals surface area contributed by atoms with Gasteiger partial charge < -0.3 is 11.1 Å². The topological polar surface area (TPSA) is 120 Å². The van der Waals surface area contributed by atoms with Crippen LogP contribution in [0.5, 0.6) is 0 Å². The summed E-state index contributed by atoms with van der Waals surface area (Å²) in [6.45, 7) is 1.77. The molecule has 5 rings (SSSR count). The molecule has 0 aliphatic rings. The van der Waals surface area contributed by atoms with Gasteiger partial charge in [0.05, 0.1) is 22.6 Å². The minimum Gasteiger partial charge on any atom is -0.381 e. The molecule has 158 valence electrons. The summed E-state index contributed by atoms with van der Waals surface area (Å²) in [5.41, 5.74) is 7.50. The van der Waals surface area contributed by atoms with Crippen molar-refractivity contribution in [1.29, 1.82) is 0 Å². The maximum atomic E-state index is 13.4. The van der Waals surface area contributed by atoms with Crippen LogP contribution in [-0.4, -0.2) is 30.1 Å². The lowest BCUT2D eigenvalue weighted by molar-refractivity contribution is 0.0940. The molecule has 5 aromatic rings. The van der Waals surface area contributed by atoms with Gasteiger partial charge in [0.15, 0.2) is 11.5 Å². The van der Waals surface area contributed by atoms with Crippen LogP contribution in [0.3, 0.4) is 0 Å². The lowest BCUT2D eigenvalue weighted by atomic mass is 10.2. The number of carbonyl (C=O) groups excluding carboxylic acids is 1. The molecular formula is C23H19N7O2. The Morgan fingerprint density at radius 2 is 1.81 bits per heavy atom. The minimum absolute atomic E-state index is 0.0697. The van der Waals surface area contributed by atoms with Crippen LogP contribution in [0.25, 0.3) is 22.2 Å². The number of para-hydroxylation sites is 2. The Hall–Kier alpha value is -4.53. The molecule has 9 heteroatoms. The van der Waals surface area contributed by atoms with Crippen molar-refractivity contribution < 1.29 is 4.79 Å². The van der Waals surface area contributed by atoms with Crippen molar-refractivity contribution in [2.75, 3.05) is 5.73 Å².